The normalized spacial score (nSPS) is 10.9. The van der Waals surface area contributed by atoms with Crippen LogP contribution in [-0.4, -0.2) is 17.4 Å². The number of rotatable bonds is 17. The molecule has 0 fully saturated rings. The minimum absolute atomic E-state index is 0.0634. The van der Waals surface area contributed by atoms with Crippen LogP contribution < -0.4 is 5.32 Å². The van der Waals surface area contributed by atoms with E-state index in [2.05, 4.69) is 12.2 Å². The van der Waals surface area contributed by atoms with Crippen molar-refractivity contribution in [1.29, 1.82) is 0 Å². The predicted molar refractivity (Wildman–Crippen MR) is 117 cm³/mol. The zero-order valence-corrected chi connectivity index (χ0v) is 17.7. The number of Topliss-reactive ketones (excluding diaryl/α,β-unsaturated/α-hetero) is 1. The maximum atomic E-state index is 11.3. The molecule has 0 unspecified atom stereocenters. The van der Waals surface area contributed by atoms with Crippen LogP contribution in [0, 0.1) is 0 Å². The molecule has 0 saturated heterocycles. The molecule has 0 aliphatic carbocycles. The molecular weight excluding hydrogens is 334 g/mol. The fraction of sp³-hybridized carbons (Fsp3) is 0.708. The van der Waals surface area contributed by atoms with Crippen LogP contribution in [-0.2, 0) is 0 Å². The topological polar surface area (TPSA) is 49.3 Å². The molecule has 0 bridgehead atoms. The third kappa shape index (κ3) is 11.7. The molecule has 1 aromatic carbocycles. The van der Waals surface area contributed by atoms with Crippen LogP contribution in [0.15, 0.2) is 18.2 Å². The molecule has 1 rings (SSSR count). The molecule has 154 valence electrons. The summed E-state index contributed by atoms with van der Waals surface area (Å²) in [5.41, 5.74) is 1.27. The van der Waals surface area contributed by atoms with Crippen LogP contribution in [0.1, 0.15) is 114 Å². The van der Waals surface area contributed by atoms with Gasteiger partial charge in [0.1, 0.15) is 5.75 Å². The molecule has 0 radical (unpaired) electrons. The number of hydrogen-bond donors (Lipinski definition) is 2. The highest BCUT2D eigenvalue weighted by Crippen LogP contribution is 2.22. The van der Waals surface area contributed by atoms with E-state index in [1.165, 1.54) is 90.4 Å². The number of anilines is 1. The number of phenolic OH excluding ortho intramolecular Hbond substituents is 1. The van der Waals surface area contributed by atoms with E-state index < -0.39 is 0 Å². The molecule has 2 N–H and O–H groups in total. The number of phenols is 1. The van der Waals surface area contributed by atoms with Gasteiger partial charge in [0.05, 0.1) is 5.56 Å². The summed E-state index contributed by atoms with van der Waals surface area (Å²) in [6.07, 6.45) is 19.1. The van der Waals surface area contributed by atoms with Gasteiger partial charge in [-0.05, 0) is 25.5 Å². The van der Waals surface area contributed by atoms with Gasteiger partial charge in [0.15, 0.2) is 5.78 Å². The molecule has 0 heterocycles. The number of unbranched alkanes of at least 4 members (excludes halogenated alkanes) is 13. The fourth-order valence-corrected chi connectivity index (χ4v) is 3.49. The second kappa shape index (κ2) is 15.5. The third-order valence-electron chi connectivity index (χ3n) is 5.24. The van der Waals surface area contributed by atoms with Gasteiger partial charge in [-0.15, -0.1) is 0 Å². The Labute approximate surface area is 167 Å². The Morgan fingerprint density at radius 2 is 1.30 bits per heavy atom. The van der Waals surface area contributed by atoms with Crippen LogP contribution in [0.5, 0.6) is 5.75 Å². The zero-order chi connectivity index (χ0) is 19.7. The number of nitrogens with one attached hydrogen (secondary N) is 1. The average molecular weight is 376 g/mol. The van der Waals surface area contributed by atoms with Crippen molar-refractivity contribution in [3.05, 3.63) is 23.8 Å². The maximum absolute atomic E-state index is 11.3. The monoisotopic (exact) mass is 375 g/mol. The second-order valence-electron chi connectivity index (χ2n) is 7.81. The highest BCUT2D eigenvalue weighted by Gasteiger charge is 2.06. The number of ketones is 1. The van der Waals surface area contributed by atoms with E-state index in [-0.39, 0.29) is 11.5 Å². The van der Waals surface area contributed by atoms with Gasteiger partial charge in [-0.3, -0.25) is 4.79 Å². The van der Waals surface area contributed by atoms with Crippen LogP contribution in [0.25, 0.3) is 0 Å². The predicted octanol–water partition coefficient (Wildman–Crippen LogP) is 7.49. The van der Waals surface area contributed by atoms with Gasteiger partial charge < -0.3 is 10.4 Å². The van der Waals surface area contributed by atoms with Crippen LogP contribution >= 0.6 is 0 Å². The zero-order valence-electron chi connectivity index (χ0n) is 17.7. The number of hydrogen-bond acceptors (Lipinski definition) is 3. The van der Waals surface area contributed by atoms with Gasteiger partial charge in [-0.2, -0.15) is 0 Å². The van der Waals surface area contributed by atoms with Gasteiger partial charge in [0.2, 0.25) is 0 Å². The average Bonchev–Trinajstić information content (AvgIpc) is 2.64. The highest BCUT2D eigenvalue weighted by atomic mass is 16.3. The van der Waals surface area contributed by atoms with Crippen molar-refractivity contribution < 1.29 is 9.90 Å². The summed E-state index contributed by atoms with van der Waals surface area (Å²) in [4.78, 5) is 11.3. The summed E-state index contributed by atoms with van der Waals surface area (Å²) in [7, 11) is 0. The number of carbonyl (C=O) groups is 1. The molecule has 0 atom stereocenters. The molecule has 0 spiro atoms. The SMILES string of the molecule is CCCCCCCCCCCCCCCCNc1ccc(C(C)=O)c(O)c1. The lowest BCUT2D eigenvalue weighted by atomic mass is 10.0. The standard InChI is InChI=1S/C24H41NO2/c1-3-4-5-6-7-8-9-10-11-12-13-14-15-16-19-25-22-17-18-23(21(2)26)24(27)20-22/h17-18,20,25,27H,3-16,19H2,1-2H3. The number of benzene rings is 1. The lowest BCUT2D eigenvalue weighted by Gasteiger charge is -2.08. The summed E-state index contributed by atoms with van der Waals surface area (Å²) in [6.45, 7) is 4.66. The van der Waals surface area contributed by atoms with E-state index >= 15 is 0 Å². The molecule has 0 saturated carbocycles. The lowest BCUT2D eigenvalue weighted by molar-refractivity contribution is 0.101. The van der Waals surface area contributed by atoms with E-state index in [9.17, 15) is 9.90 Å². The van der Waals surface area contributed by atoms with Crippen molar-refractivity contribution in [1.82, 2.24) is 0 Å². The van der Waals surface area contributed by atoms with Crippen molar-refractivity contribution in [2.24, 2.45) is 0 Å². The van der Waals surface area contributed by atoms with E-state index in [0.29, 0.717) is 5.56 Å². The van der Waals surface area contributed by atoms with E-state index in [0.717, 1.165) is 18.7 Å². The van der Waals surface area contributed by atoms with Gasteiger partial charge in [-0.1, -0.05) is 90.4 Å². The summed E-state index contributed by atoms with van der Waals surface area (Å²) >= 11 is 0. The molecule has 0 aromatic heterocycles. The Balaban J connectivity index is 1.89. The first-order chi connectivity index (χ1) is 13.1. The van der Waals surface area contributed by atoms with Gasteiger partial charge in [0.25, 0.3) is 0 Å². The Morgan fingerprint density at radius 3 is 1.74 bits per heavy atom. The first-order valence-electron chi connectivity index (χ1n) is 11.2. The largest absolute Gasteiger partial charge is 0.507 e. The molecule has 3 heteroatoms. The van der Waals surface area contributed by atoms with Gasteiger partial charge >= 0.3 is 0 Å². The van der Waals surface area contributed by atoms with E-state index in [4.69, 9.17) is 0 Å². The highest BCUT2D eigenvalue weighted by molar-refractivity contribution is 5.97. The summed E-state index contributed by atoms with van der Waals surface area (Å²) in [5.74, 6) is -0.0421. The number of aromatic hydroxyl groups is 1. The Bertz CT molecular complexity index is 513. The summed E-state index contributed by atoms with van der Waals surface area (Å²) in [6, 6.07) is 5.19. The summed E-state index contributed by atoms with van der Waals surface area (Å²) in [5, 5.41) is 13.2. The minimum atomic E-state index is -0.106. The second-order valence-corrected chi connectivity index (χ2v) is 7.81. The van der Waals surface area contributed by atoms with E-state index in [1.807, 2.05) is 6.07 Å². The smallest absolute Gasteiger partial charge is 0.163 e. The van der Waals surface area contributed by atoms with Crippen LogP contribution in [0.2, 0.25) is 0 Å². The maximum Gasteiger partial charge on any atom is 0.163 e. The molecule has 1 aromatic rings. The van der Waals surface area contributed by atoms with Crippen molar-refractivity contribution in [3.8, 4) is 5.75 Å². The van der Waals surface area contributed by atoms with Crippen LogP contribution in [0.4, 0.5) is 5.69 Å². The van der Waals surface area contributed by atoms with Gasteiger partial charge in [0, 0.05) is 18.3 Å². The molecule has 27 heavy (non-hydrogen) atoms. The van der Waals surface area contributed by atoms with Crippen molar-refractivity contribution in [3.63, 3.8) is 0 Å². The molecule has 3 nitrogen and oxygen atoms in total. The third-order valence-corrected chi connectivity index (χ3v) is 5.24. The lowest BCUT2D eigenvalue weighted by Crippen LogP contribution is -2.02. The molecular formula is C24H41NO2. The Hall–Kier alpha value is -1.51. The minimum Gasteiger partial charge on any atom is -0.507 e. The Kier molecular flexibility index (Phi) is 13.5. The van der Waals surface area contributed by atoms with Crippen molar-refractivity contribution >= 4 is 11.5 Å². The first kappa shape index (κ1) is 23.5. The quantitative estimate of drug-likeness (QED) is 0.219. The van der Waals surface area contributed by atoms with Crippen molar-refractivity contribution in [2.45, 2.75) is 104 Å². The summed E-state index contributed by atoms with van der Waals surface area (Å²) < 4.78 is 0. The molecule has 0 aliphatic rings. The Morgan fingerprint density at radius 1 is 0.815 bits per heavy atom. The van der Waals surface area contributed by atoms with Crippen molar-refractivity contribution in [2.75, 3.05) is 11.9 Å². The molecule has 0 aliphatic heterocycles. The van der Waals surface area contributed by atoms with E-state index in [1.54, 1.807) is 12.1 Å². The van der Waals surface area contributed by atoms with Crippen LogP contribution in [0.3, 0.4) is 0 Å². The van der Waals surface area contributed by atoms with Gasteiger partial charge in [-0.25, -0.2) is 0 Å². The fourth-order valence-electron chi connectivity index (χ4n) is 3.49. The first-order valence-corrected chi connectivity index (χ1v) is 11.2. The molecule has 0 amide bonds. The number of carbonyl (C=O) groups excluding carboxylic acids is 1.